The van der Waals surface area contributed by atoms with E-state index in [-0.39, 0.29) is 5.91 Å². The van der Waals surface area contributed by atoms with Crippen LogP contribution in [0.15, 0.2) is 64.3 Å². The number of rotatable bonds is 4. The SMILES string of the molecule is C[C@H](Sc1ncnc2c1oc1ccccc12)C(=O)Nc1ccccc1Cl. The van der Waals surface area contributed by atoms with Gasteiger partial charge >= 0.3 is 0 Å². The normalized spacial score (nSPS) is 12.4. The number of nitrogens with zero attached hydrogens (tertiary/aromatic N) is 2. The van der Waals surface area contributed by atoms with Gasteiger partial charge in [0.2, 0.25) is 5.91 Å². The van der Waals surface area contributed by atoms with E-state index in [0.717, 1.165) is 16.5 Å². The molecule has 0 radical (unpaired) electrons. The second-order valence-corrected chi connectivity index (χ2v) is 7.42. The van der Waals surface area contributed by atoms with Gasteiger partial charge in [0.25, 0.3) is 0 Å². The van der Waals surface area contributed by atoms with Crippen molar-refractivity contribution in [2.75, 3.05) is 5.32 Å². The molecule has 130 valence electrons. The maximum atomic E-state index is 12.5. The van der Waals surface area contributed by atoms with Crippen LogP contribution in [0.25, 0.3) is 22.1 Å². The highest BCUT2D eigenvalue weighted by molar-refractivity contribution is 8.00. The molecule has 4 rings (SSSR count). The zero-order chi connectivity index (χ0) is 18.1. The number of furan rings is 1. The molecule has 0 bridgehead atoms. The molecular weight excluding hydrogens is 370 g/mol. The number of thioether (sulfide) groups is 1. The number of benzene rings is 2. The quantitative estimate of drug-likeness (QED) is 0.390. The molecule has 2 aromatic carbocycles. The smallest absolute Gasteiger partial charge is 0.237 e. The molecule has 0 unspecified atom stereocenters. The molecule has 1 amide bonds. The summed E-state index contributed by atoms with van der Waals surface area (Å²) in [6.45, 7) is 1.81. The minimum absolute atomic E-state index is 0.161. The van der Waals surface area contributed by atoms with E-state index in [1.807, 2.05) is 43.3 Å². The second kappa shape index (κ2) is 6.97. The first-order valence-corrected chi connectivity index (χ1v) is 9.23. The Morgan fingerprint density at radius 3 is 2.77 bits per heavy atom. The Balaban J connectivity index is 1.60. The van der Waals surface area contributed by atoms with Crippen molar-refractivity contribution >= 4 is 57.0 Å². The summed E-state index contributed by atoms with van der Waals surface area (Å²) in [6.07, 6.45) is 1.49. The minimum Gasteiger partial charge on any atom is -0.451 e. The van der Waals surface area contributed by atoms with E-state index in [9.17, 15) is 4.79 Å². The van der Waals surface area contributed by atoms with Crippen LogP contribution in [-0.4, -0.2) is 21.1 Å². The van der Waals surface area contributed by atoms with Crippen molar-refractivity contribution in [3.05, 3.63) is 59.9 Å². The predicted octanol–water partition coefficient (Wildman–Crippen LogP) is 5.15. The molecule has 0 spiro atoms. The third-order valence-corrected chi connectivity index (χ3v) is 5.33. The number of nitrogens with one attached hydrogen (secondary N) is 1. The monoisotopic (exact) mass is 383 g/mol. The van der Waals surface area contributed by atoms with Crippen molar-refractivity contribution in [2.24, 2.45) is 0 Å². The first-order valence-electron chi connectivity index (χ1n) is 7.98. The van der Waals surface area contributed by atoms with E-state index < -0.39 is 5.25 Å². The molecule has 0 fully saturated rings. The average Bonchev–Trinajstić information content (AvgIpc) is 3.03. The lowest BCUT2D eigenvalue weighted by Gasteiger charge is -2.12. The molecule has 0 saturated heterocycles. The molecule has 0 aliphatic carbocycles. The molecule has 2 heterocycles. The summed E-state index contributed by atoms with van der Waals surface area (Å²) in [5.74, 6) is -0.161. The van der Waals surface area contributed by atoms with Crippen LogP contribution in [0.1, 0.15) is 6.92 Å². The highest BCUT2D eigenvalue weighted by Gasteiger charge is 2.20. The molecule has 26 heavy (non-hydrogen) atoms. The number of aromatic nitrogens is 2. The van der Waals surface area contributed by atoms with Gasteiger partial charge in [0.1, 0.15) is 22.5 Å². The summed E-state index contributed by atoms with van der Waals surface area (Å²) in [5, 5.41) is 4.51. The van der Waals surface area contributed by atoms with Gasteiger partial charge in [0.05, 0.1) is 16.0 Å². The number of anilines is 1. The Hall–Kier alpha value is -2.57. The van der Waals surface area contributed by atoms with Crippen molar-refractivity contribution in [3.63, 3.8) is 0 Å². The van der Waals surface area contributed by atoms with Gasteiger partial charge < -0.3 is 9.73 Å². The van der Waals surface area contributed by atoms with Crippen LogP contribution in [0.3, 0.4) is 0 Å². The Morgan fingerprint density at radius 2 is 1.92 bits per heavy atom. The van der Waals surface area contributed by atoms with E-state index in [0.29, 0.717) is 21.3 Å². The van der Waals surface area contributed by atoms with E-state index >= 15 is 0 Å². The molecular formula is C19H14ClN3O2S. The second-order valence-electron chi connectivity index (χ2n) is 5.68. The lowest BCUT2D eigenvalue weighted by Crippen LogP contribution is -2.22. The Morgan fingerprint density at radius 1 is 1.15 bits per heavy atom. The lowest BCUT2D eigenvalue weighted by molar-refractivity contribution is -0.115. The molecule has 0 saturated carbocycles. The molecule has 1 N–H and O–H groups in total. The van der Waals surface area contributed by atoms with Crippen molar-refractivity contribution in [2.45, 2.75) is 17.2 Å². The molecule has 1 atom stereocenters. The summed E-state index contributed by atoms with van der Waals surface area (Å²) >= 11 is 7.42. The highest BCUT2D eigenvalue weighted by atomic mass is 35.5. The molecule has 4 aromatic rings. The van der Waals surface area contributed by atoms with Crippen LogP contribution in [0.5, 0.6) is 0 Å². The van der Waals surface area contributed by atoms with Gasteiger partial charge in [-0.25, -0.2) is 9.97 Å². The van der Waals surface area contributed by atoms with E-state index in [4.69, 9.17) is 16.0 Å². The van der Waals surface area contributed by atoms with E-state index in [1.165, 1.54) is 18.1 Å². The number of hydrogen-bond acceptors (Lipinski definition) is 5. The number of hydrogen-bond donors (Lipinski definition) is 1. The van der Waals surface area contributed by atoms with E-state index in [1.54, 1.807) is 12.1 Å². The number of carbonyl (C=O) groups is 1. The molecule has 0 aliphatic heterocycles. The summed E-state index contributed by atoms with van der Waals surface area (Å²) in [6, 6.07) is 14.8. The fourth-order valence-electron chi connectivity index (χ4n) is 2.60. The largest absolute Gasteiger partial charge is 0.451 e. The topological polar surface area (TPSA) is 68.0 Å². The molecule has 5 nitrogen and oxygen atoms in total. The van der Waals surface area contributed by atoms with Gasteiger partial charge in [0, 0.05) is 5.39 Å². The Kier molecular flexibility index (Phi) is 4.53. The molecule has 7 heteroatoms. The number of amides is 1. The summed E-state index contributed by atoms with van der Waals surface area (Å²) in [7, 11) is 0. The van der Waals surface area contributed by atoms with Crippen LogP contribution in [0.2, 0.25) is 5.02 Å². The third-order valence-electron chi connectivity index (χ3n) is 3.91. The van der Waals surface area contributed by atoms with Crippen LogP contribution in [0.4, 0.5) is 5.69 Å². The van der Waals surface area contributed by atoms with Gasteiger partial charge in [0.15, 0.2) is 5.58 Å². The molecule has 0 aliphatic rings. The van der Waals surface area contributed by atoms with E-state index in [2.05, 4.69) is 15.3 Å². The fraction of sp³-hybridized carbons (Fsp3) is 0.105. The first-order chi connectivity index (χ1) is 12.6. The van der Waals surface area contributed by atoms with Gasteiger partial charge in [-0.15, -0.1) is 0 Å². The summed E-state index contributed by atoms with van der Waals surface area (Å²) in [5.41, 5.74) is 2.68. The first kappa shape index (κ1) is 16.9. The van der Waals surface area contributed by atoms with Crippen molar-refractivity contribution < 1.29 is 9.21 Å². The average molecular weight is 384 g/mol. The summed E-state index contributed by atoms with van der Waals surface area (Å²) < 4.78 is 5.90. The maximum Gasteiger partial charge on any atom is 0.237 e. The molecule has 2 aromatic heterocycles. The minimum atomic E-state index is -0.391. The van der Waals surface area contributed by atoms with Crippen LogP contribution in [-0.2, 0) is 4.79 Å². The standard InChI is InChI=1S/C19H14ClN3O2S/c1-11(18(24)23-14-8-4-3-7-13(14)20)26-19-17-16(21-10-22-19)12-6-2-5-9-15(12)25-17/h2-11H,1H3,(H,23,24)/t11-/m0/s1. The highest BCUT2D eigenvalue weighted by Crippen LogP contribution is 2.34. The zero-order valence-corrected chi connectivity index (χ0v) is 15.3. The third kappa shape index (κ3) is 3.13. The van der Waals surface area contributed by atoms with Crippen molar-refractivity contribution in [1.82, 2.24) is 9.97 Å². The van der Waals surface area contributed by atoms with Crippen molar-refractivity contribution in [1.29, 1.82) is 0 Å². The number of fused-ring (bicyclic) bond motifs is 3. The number of para-hydroxylation sites is 2. The van der Waals surface area contributed by atoms with Crippen LogP contribution in [0, 0.1) is 0 Å². The lowest BCUT2D eigenvalue weighted by atomic mass is 10.2. The van der Waals surface area contributed by atoms with Gasteiger partial charge in [-0.1, -0.05) is 47.6 Å². The fourth-order valence-corrected chi connectivity index (χ4v) is 3.64. The van der Waals surface area contributed by atoms with Crippen molar-refractivity contribution in [3.8, 4) is 0 Å². The van der Waals surface area contributed by atoms with Gasteiger partial charge in [-0.05, 0) is 31.2 Å². The number of carbonyl (C=O) groups excluding carboxylic acids is 1. The van der Waals surface area contributed by atoms with Crippen LogP contribution >= 0.6 is 23.4 Å². The maximum absolute atomic E-state index is 12.5. The Bertz CT molecular complexity index is 1110. The zero-order valence-electron chi connectivity index (χ0n) is 13.8. The van der Waals surface area contributed by atoms with Gasteiger partial charge in [-0.3, -0.25) is 4.79 Å². The summed E-state index contributed by atoms with van der Waals surface area (Å²) in [4.78, 5) is 21.1. The van der Waals surface area contributed by atoms with Crippen LogP contribution < -0.4 is 5.32 Å². The van der Waals surface area contributed by atoms with Gasteiger partial charge in [-0.2, -0.15) is 0 Å². The Labute approximate surface area is 158 Å². The predicted molar refractivity (Wildman–Crippen MR) is 105 cm³/mol. The number of halogens is 1.